The molecule has 1 fully saturated rings. The number of amides is 2. The Balaban J connectivity index is 1.76. The van der Waals surface area contributed by atoms with Crippen molar-refractivity contribution in [2.24, 2.45) is 0 Å². The van der Waals surface area contributed by atoms with Gasteiger partial charge in [0.05, 0.1) is 6.26 Å². The highest BCUT2D eigenvalue weighted by Crippen LogP contribution is 2.27. The molecule has 108 valence electrons. The van der Waals surface area contributed by atoms with E-state index in [2.05, 4.69) is 5.32 Å². The van der Waals surface area contributed by atoms with Gasteiger partial charge in [-0.3, -0.25) is 14.4 Å². The normalized spacial score (nSPS) is 13.8. The van der Waals surface area contributed by atoms with E-state index in [0.29, 0.717) is 0 Å². The zero-order valence-corrected chi connectivity index (χ0v) is 10.9. The van der Waals surface area contributed by atoms with E-state index in [1.807, 2.05) is 0 Å². The average Bonchev–Trinajstić information content (AvgIpc) is 3.08. The molecule has 0 radical (unpaired) electrons. The summed E-state index contributed by atoms with van der Waals surface area (Å²) in [6.45, 7) is -0.128. The van der Waals surface area contributed by atoms with Gasteiger partial charge < -0.3 is 19.7 Å². The van der Waals surface area contributed by atoms with Crippen molar-refractivity contribution in [2.45, 2.75) is 25.3 Å². The molecule has 0 aromatic carbocycles. The van der Waals surface area contributed by atoms with Crippen LogP contribution in [0.1, 0.15) is 29.8 Å². The quantitative estimate of drug-likeness (QED) is 0.756. The van der Waals surface area contributed by atoms with E-state index in [0.717, 1.165) is 12.8 Å². The van der Waals surface area contributed by atoms with Crippen molar-refractivity contribution < 1.29 is 23.9 Å². The zero-order valence-electron chi connectivity index (χ0n) is 10.9. The zero-order chi connectivity index (χ0) is 14.5. The summed E-state index contributed by atoms with van der Waals surface area (Å²) in [5, 5.41) is 11.3. The number of rotatable bonds is 7. The van der Waals surface area contributed by atoms with Crippen LogP contribution in [-0.4, -0.2) is 46.9 Å². The van der Waals surface area contributed by atoms with Crippen molar-refractivity contribution in [1.82, 2.24) is 10.2 Å². The number of aliphatic carboxylic acids is 1. The number of carboxylic acids is 1. The predicted molar refractivity (Wildman–Crippen MR) is 68.0 cm³/mol. The molecule has 2 N–H and O–H groups in total. The third-order valence-electron chi connectivity index (χ3n) is 2.98. The topological polar surface area (TPSA) is 99.9 Å². The van der Waals surface area contributed by atoms with Gasteiger partial charge in [-0.25, -0.2) is 0 Å². The van der Waals surface area contributed by atoms with Crippen molar-refractivity contribution in [3.8, 4) is 0 Å². The molecule has 1 aliphatic carbocycles. The highest BCUT2D eigenvalue weighted by molar-refractivity contribution is 5.91. The molecule has 0 saturated heterocycles. The number of carboxylic acid groups (broad SMARTS) is 1. The van der Waals surface area contributed by atoms with Gasteiger partial charge >= 0.3 is 5.97 Å². The molecule has 1 aromatic rings. The summed E-state index contributed by atoms with van der Waals surface area (Å²) < 4.78 is 4.92. The first-order chi connectivity index (χ1) is 9.58. The standard InChI is InChI=1S/C13H16N2O5/c16-11(15(8-12(17)18)9-3-4-9)5-6-14-13(19)10-2-1-7-20-10/h1-2,7,9H,3-6,8H2,(H,14,19)(H,17,18). The summed E-state index contributed by atoms with van der Waals surface area (Å²) in [5.41, 5.74) is 0. The maximum Gasteiger partial charge on any atom is 0.323 e. The molecule has 1 saturated carbocycles. The third-order valence-corrected chi connectivity index (χ3v) is 2.98. The SMILES string of the molecule is O=C(O)CN(C(=O)CCNC(=O)c1ccco1)C1CC1. The Labute approximate surface area is 115 Å². The van der Waals surface area contributed by atoms with Crippen LogP contribution in [0.4, 0.5) is 0 Å². The lowest BCUT2D eigenvalue weighted by molar-refractivity contribution is -0.144. The molecule has 0 bridgehead atoms. The Bertz CT molecular complexity index is 493. The van der Waals surface area contributed by atoms with Gasteiger partial charge in [0, 0.05) is 19.0 Å². The Morgan fingerprint density at radius 2 is 2.15 bits per heavy atom. The second kappa shape index (κ2) is 6.23. The average molecular weight is 280 g/mol. The molecular weight excluding hydrogens is 264 g/mol. The molecular formula is C13H16N2O5. The molecule has 0 unspecified atom stereocenters. The second-order valence-electron chi connectivity index (χ2n) is 4.63. The largest absolute Gasteiger partial charge is 0.480 e. The molecule has 1 aromatic heterocycles. The van der Waals surface area contributed by atoms with Gasteiger partial charge in [0.25, 0.3) is 5.91 Å². The number of nitrogens with zero attached hydrogens (tertiary/aromatic N) is 1. The molecule has 1 heterocycles. The van der Waals surface area contributed by atoms with E-state index in [-0.39, 0.29) is 43.1 Å². The fraction of sp³-hybridized carbons (Fsp3) is 0.462. The molecule has 7 heteroatoms. The Morgan fingerprint density at radius 1 is 1.40 bits per heavy atom. The molecule has 0 atom stereocenters. The summed E-state index contributed by atoms with van der Waals surface area (Å²) in [7, 11) is 0. The Hall–Kier alpha value is -2.31. The van der Waals surface area contributed by atoms with Crippen LogP contribution in [0.3, 0.4) is 0 Å². The first-order valence-corrected chi connectivity index (χ1v) is 6.41. The van der Waals surface area contributed by atoms with Crippen molar-refractivity contribution in [2.75, 3.05) is 13.1 Å². The van der Waals surface area contributed by atoms with Crippen molar-refractivity contribution in [1.29, 1.82) is 0 Å². The molecule has 7 nitrogen and oxygen atoms in total. The van der Waals surface area contributed by atoms with Crippen LogP contribution in [0.25, 0.3) is 0 Å². The monoisotopic (exact) mass is 280 g/mol. The Morgan fingerprint density at radius 3 is 2.70 bits per heavy atom. The van der Waals surface area contributed by atoms with Gasteiger partial charge in [0.1, 0.15) is 6.54 Å². The Kier molecular flexibility index (Phi) is 4.39. The van der Waals surface area contributed by atoms with E-state index < -0.39 is 5.97 Å². The highest BCUT2D eigenvalue weighted by Gasteiger charge is 2.33. The van der Waals surface area contributed by atoms with Crippen molar-refractivity contribution in [3.63, 3.8) is 0 Å². The van der Waals surface area contributed by atoms with Gasteiger partial charge in [-0.2, -0.15) is 0 Å². The predicted octanol–water partition coefficient (Wildman–Crippen LogP) is 0.475. The van der Waals surface area contributed by atoms with Crippen LogP contribution >= 0.6 is 0 Å². The lowest BCUT2D eigenvalue weighted by Gasteiger charge is -2.20. The number of carbonyl (C=O) groups is 3. The minimum absolute atomic E-state index is 0.0411. The van der Waals surface area contributed by atoms with Gasteiger partial charge in [0.15, 0.2) is 5.76 Å². The number of nitrogens with one attached hydrogen (secondary N) is 1. The van der Waals surface area contributed by atoms with Crippen LogP contribution in [0.2, 0.25) is 0 Å². The number of carbonyl (C=O) groups excluding carboxylic acids is 2. The summed E-state index contributed by atoms with van der Waals surface area (Å²) in [6.07, 6.45) is 3.16. The van der Waals surface area contributed by atoms with Gasteiger partial charge in [-0.05, 0) is 25.0 Å². The molecule has 20 heavy (non-hydrogen) atoms. The van der Waals surface area contributed by atoms with Gasteiger partial charge in [-0.15, -0.1) is 0 Å². The summed E-state index contributed by atoms with van der Waals surface area (Å²) in [4.78, 5) is 35.5. The third kappa shape index (κ3) is 3.84. The fourth-order valence-electron chi connectivity index (χ4n) is 1.87. The smallest absolute Gasteiger partial charge is 0.323 e. The van der Waals surface area contributed by atoms with E-state index in [9.17, 15) is 14.4 Å². The first kappa shape index (κ1) is 14.1. The van der Waals surface area contributed by atoms with E-state index in [1.165, 1.54) is 17.2 Å². The summed E-state index contributed by atoms with van der Waals surface area (Å²) in [6, 6.07) is 3.17. The van der Waals surface area contributed by atoms with Gasteiger partial charge in [0.2, 0.25) is 5.91 Å². The fourth-order valence-corrected chi connectivity index (χ4v) is 1.87. The molecule has 2 amide bonds. The van der Waals surface area contributed by atoms with Crippen LogP contribution < -0.4 is 5.32 Å². The number of furan rings is 1. The van der Waals surface area contributed by atoms with E-state index in [1.54, 1.807) is 6.07 Å². The van der Waals surface area contributed by atoms with Crippen molar-refractivity contribution >= 4 is 17.8 Å². The molecule has 0 spiro atoms. The lowest BCUT2D eigenvalue weighted by atomic mass is 10.3. The first-order valence-electron chi connectivity index (χ1n) is 6.41. The van der Waals surface area contributed by atoms with Crippen molar-refractivity contribution in [3.05, 3.63) is 24.2 Å². The van der Waals surface area contributed by atoms with Crippen LogP contribution in [0, 0.1) is 0 Å². The minimum Gasteiger partial charge on any atom is -0.480 e. The molecule has 2 rings (SSSR count). The minimum atomic E-state index is -1.02. The number of hydrogen-bond donors (Lipinski definition) is 2. The molecule has 0 aliphatic heterocycles. The molecule has 1 aliphatic rings. The van der Waals surface area contributed by atoms with Crippen LogP contribution in [-0.2, 0) is 9.59 Å². The lowest BCUT2D eigenvalue weighted by Crippen LogP contribution is -2.39. The van der Waals surface area contributed by atoms with Crippen LogP contribution in [0.15, 0.2) is 22.8 Å². The van der Waals surface area contributed by atoms with E-state index >= 15 is 0 Å². The maximum atomic E-state index is 11.9. The van der Waals surface area contributed by atoms with Crippen LogP contribution in [0.5, 0.6) is 0 Å². The maximum absolute atomic E-state index is 11.9. The highest BCUT2D eigenvalue weighted by atomic mass is 16.4. The second-order valence-corrected chi connectivity index (χ2v) is 4.63. The summed E-state index contributed by atoms with van der Waals surface area (Å²) in [5.74, 6) is -1.49. The number of hydrogen-bond acceptors (Lipinski definition) is 4. The van der Waals surface area contributed by atoms with Gasteiger partial charge in [-0.1, -0.05) is 0 Å². The van der Waals surface area contributed by atoms with E-state index in [4.69, 9.17) is 9.52 Å². The summed E-state index contributed by atoms with van der Waals surface area (Å²) >= 11 is 0.